The van der Waals surface area contributed by atoms with Gasteiger partial charge >= 0.3 is 0 Å². The van der Waals surface area contributed by atoms with Gasteiger partial charge in [0.15, 0.2) is 5.96 Å². The number of aromatic nitrogens is 1. The van der Waals surface area contributed by atoms with Gasteiger partial charge in [0.2, 0.25) is 5.88 Å². The molecule has 1 heterocycles. The van der Waals surface area contributed by atoms with Gasteiger partial charge in [-0.1, -0.05) is 42.5 Å². The Bertz CT molecular complexity index is 1060. The van der Waals surface area contributed by atoms with Crippen molar-refractivity contribution in [3.05, 3.63) is 95.2 Å². The Hall–Kier alpha value is -3.14. The van der Waals surface area contributed by atoms with Gasteiger partial charge in [-0.2, -0.15) is 0 Å². The van der Waals surface area contributed by atoms with Crippen LogP contribution in [0.25, 0.3) is 0 Å². The molecule has 0 aliphatic rings. The molecular weight excluding hydrogens is 541 g/mol. The Morgan fingerprint density at radius 2 is 1.71 bits per heavy atom. The summed E-state index contributed by atoms with van der Waals surface area (Å²) in [5, 5.41) is 6.60. The number of carbonyl (C=O) groups is 1. The summed E-state index contributed by atoms with van der Waals surface area (Å²) in [6.45, 7) is 4.36. The Balaban J connectivity index is 0.00000408. The van der Waals surface area contributed by atoms with Crippen LogP contribution in [0.3, 0.4) is 0 Å². The first-order valence-electron chi connectivity index (χ1n) is 11.0. The lowest BCUT2D eigenvalue weighted by Crippen LogP contribution is -2.36. The van der Waals surface area contributed by atoms with Gasteiger partial charge in [-0.3, -0.25) is 4.79 Å². The number of ether oxygens (including phenoxy) is 1. The molecule has 8 heteroatoms. The van der Waals surface area contributed by atoms with Crippen LogP contribution in [0.1, 0.15) is 34.0 Å². The van der Waals surface area contributed by atoms with Crippen molar-refractivity contribution in [2.24, 2.45) is 4.99 Å². The number of nitrogens with zero attached hydrogens (tertiary/aromatic N) is 3. The summed E-state index contributed by atoms with van der Waals surface area (Å²) in [4.78, 5) is 22.6. The van der Waals surface area contributed by atoms with E-state index in [9.17, 15) is 4.79 Å². The van der Waals surface area contributed by atoms with Gasteiger partial charge in [-0.05, 0) is 41.8 Å². The number of guanidine groups is 1. The van der Waals surface area contributed by atoms with E-state index < -0.39 is 0 Å². The predicted octanol–water partition coefficient (Wildman–Crippen LogP) is 4.24. The van der Waals surface area contributed by atoms with Crippen LogP contribution in [0.2, 0.25) is 0 Å². The highest BCUT2D eigenvalue weighted by Gasteiger charge is 2.07. The zero-order valence-electron chi connectivity index (χ0n) is 19.8. The summed E-state index contributed by atoms with van der Waals surface area (Å²) in [5.74, 6) is 1.29. The molecule has 0 radical (unpaired) electrons. The molecule has 3 aromatic rings. The van der Waals surface area contributed by atoms with Crippen molar-refractivity contribution < 1.29 is 9.53 Å². The molecule has 0 spiro atoms. The first-order chi connectivity index (χ1) is 16.0. The predicted molar refractivity (Wildman–Crippen MR) is 147 cm³/mol. The summed E-state index contributed by atoms with van der Waals surface area (Å²) in [6.07, 6.45) is 1.74. The Kier molecular flexibility index (Phi) is 11.3. The standard InChI is InChI=1S/C26H31N5O2.HI/c1-4-27-26(29-17-20-10-12-23(13-11-20)25(32)31(2)3)30-18-22-14-15-28-24(16-22)33-19-21-8-6-5-7-9-21;/h5-16H,4,17-19H2,1-3H3,(H2,27,29,30);1H. The topological polar surface area (TPSA) is 78.9 Å². The van der Waals surface area contributed by atoms with E-state index >= 15 is 0 Å². The number of amides is 1. The zero-order valence-corrected chi connectivity index (χ0v) is 22.2. The van der Waals surface area contributed by atoms with Crippen LogP contribution in [0.15, 0.2) is 77.9 Å². The number of hydrogen-bond donors (Lipinski definition) is 2. The van der Waals surface area contributed by atoms with E-state index in [1.54, 1.807) is 25.2 Å². The van der Waals surface area contributed by atoms with Crippen molar-refractivity contribution in [1.82, 2.24) is 20.5 Å². The molecule has 0 saturated carbocycles. The molecule has 0 fully saturated rings. The summed E-state index contributed by atoms with van der Waals surface area (Å²) >= 11 is 0. The quantitative estimate of drug-likeness (QED) is 0.228. The van der Waals surface area contributed by atoms with Gasteiger partial charge in [0.1, 0.15) is 6.61 Å². The molecule has 1 aromatic heterocycles. The molecule has 180 valence electrons. The maximum Gasteiger partial charge on any atom is 0.253 e. The Labute approximate surface area is 218 Å². The molecule has 0 unspecified atom stereocenters. The number of pyridine rings is 1. The second kappa shape index (κ2) is 14.2. The summed E-state index contributed by atoms with van der Waals surface area (Å²) in [7, 11) is 3.50. The first-order valence-corrected chi connectivity index (χ1v) is 11.0. The van der Waals surface area contributed by atoms with Crippen LogP contribution in [-0.2, 0) is 19.7 Å². The van der Waals surface area contributed by atoms with Crippen molar-refractivity contribution in [2.45, 2.75) is 26.6 Å². The van der Waals surface area contributed by atoms with E-state index in [0.717, 1.165) is 29.2 Å². The van der Waals surface area contributed by atoms with Crippen LogP contribution < -0.4 is 15.4 Å². The third-order valence-corrected chi connectivity index (χ3v) is 4.86. The largest absolute Gasteiger partial charge is 0.473 e. The third kappa shape index (κ3) is 8.66. The molecule has 0 saturated heterocycles. The highest BCUT2D eigenvalue weighted by atomic mass is 127. The molecular formula is C26H32IN5O2. The maximum atomic E-state index is 12.0. The number of benzene rings is 2. The maximum absolute atomic E-state index is 12.0. The molecule has 1 amide bonds. The second-order valence-electron chi connectivity index (χ2n) is 7.72. The van der Waals surface area contributed by atoms with Crippen molar-refractivity contribution in [3.63, 3.8) is 0 Å². The van der Waals surface area contributed by atoms with Crippen LogP contribution in [0.4, 0.5) is 0 Å². The van der Waals surface area contributed by atoms with Crippen LogP contribution in [0, 0.1) is 0 Å². The minimum atomic E-state index is -0.00567. The van der Waals surface area contributed by atoms with Crippen molar-refractivity contribution in [1.29, 1.82) is 0 Å². The summed E-state index contributed by atoms with van der Waals surface area (Å²) in [6, 6.07) is 21.4. The Morgan fingerprint density at radius 3 is 2.38 bits per heavy atom. The van der Waals surface area contributed by atoms with E-state index in [2.05, 4.69) is 20.6 Å². The highest BCUT2D eigenvalue weighted by Crippen LogP contribution is 2.13. The fourth-order valence-electron chi connectivity index (χ4n) is 3.08. The first kappa shape index (κ1) is 27.1. The lowest BCUT2D eigenvalue weighted by atomic mass is 10.1. The average molecular weight is 573 g/mol. The SMILES string of the molecule is CCNC(=NCc1ccnc(OCc2ccccc2)c1)NCc1ccc(C(=O)N(C)C)cc1.I. The molecule has 0 bridgehead atoms. The number of carbonyl (C=O) groups excluding carboxylic acids is 1. The van der Waals surface area contributed by atoms with Crippen molar-refractivity contribution >= 4 is 35.8 Å². The number of halogens is 1. The lowest BCUT2D eigenvalue weighted by Gasteiger charge is -2.13. The second-order valence-corrected chi connectivity index (χ2v) is 7.72. The van der Waals surface area contributed by atoms with Crippen molar-refractivity contribution in [2.75, 3.05) is 20.6 Å². The van der Waals surface area contributed by atoms with Gasteiger partial charge in [-0.25, -0.2) is 9.98 Å². The van der Waals surface area contributed by atoms with E-state index in [4.69, 9.17) is 4.74 Å². The summed E-state index contributed by atoms with van der Waals surface area (Å²) < 4.78 is 5.82. The fourth-order valence-corrected chi connectivity index (χ4v) is 3.08. The molecule has 0 aliphatic carbocycles. The third-order valence-electron chi connectivity index (χ3n) is 4.86. The number of aliphatic imine (C=N–C) groups is 1. The van der Waals surface area contributed by atoms with Gasteiger partial charge in [0.05, 0.1) is 6.54 Å². The van der Waals surface area contributed by atoms with Gasteiger partial charge in [0, 0.05) is 45.0 Å². The fraction of sp³-hybridized carbons (Fsp3) is 0.269. The molecule has 3 rings (SSSR count). The molecule has 2 N–H and O–H groups in total. The smallest absolute Gasteiger partial charge is 0.253 e. The minimum Gasteiger partial charge on any atom is -0.473 e. The zero-order chi connectivity index (χ0) is 23.5. The monoisotopic (exact) mass is 573 g/mol. The normalized spacial score (nSPS) is 10.7. The number of nitrogens with one attached hydrogen (secondary N) is 2. The molecule has 0 aliphatic heterocycles. The Morgan fingerprint density at radius 1 is 0.971 bits per heavy atom. The average Bonchev–Trinajstić information content (AvgIpc) is 2.85. The van der Waals surface area contributed by atoms with Crippen LogP contribution >= 0.6 is 24.0 Å². The van der Waals surface area contributed by atoms with Crippen LogP contribution in [0.5, 0.6) is 5.88 Å². The lowest BCUT2D eigenvalue weighted by molar-refractivity contribution is 0.0827. The van der Waals surface area contributed by atoms with Crippen molar-refractivity contribution in [3.8, 4) is 5.88 Å². The molecule has 7 nitrogen and oxygen atoms in total. The van der Waals surface area contributed by atoms with E-state index in [1.807, 2.05) is 73.7 Å². The van der Waals surface area contributed by atoms with E-state index in [0.29, 0.717) is 31.1 Å². The number of rotatable bonds is 9. The molecule has 0 atom stereocenters. The van der Waals surface area contributed by atoms with Crippen LogP contribution in [-0.4, -0.2) is 42.4 Å². The van der Waals surface area contributed by atoms with Gasteiger partial charge in [0.25, 0.3) is 5.91 Å². The molecule has 34 heavy (non-hydrogen) atoms. The molecule has 2 aromatic carbocycles. The van der Waals surface area contributed by atoms with Gasteiger partial charge < -0.3 is 20.3 Å². The van der Waals surface area contributed by atoms with Gasteiger partial charge in [-0.15, -0.1) is 24.0 Å². The van der Waals surface area contributed by atoms with E-state index in [1.165, 1.54) is 0 Å². The van der Waals surface area contributed by atoms with E-state index in [-0.39, 0.29) is 29.9 Å². The minimum absolute atomic E-state index is 0. The highest BCUT2D eigenvalue weighted by molar-refractivity contribution is 14.0. The summed E-state index contributed by atoms with van der Waals surface area (Å²) in [5.41, 5.74) is 3.85. The number of hydrogen-bond acceptors (Lipinski definition) is 4.